The summed E-state index contributed by atoms with van der Waals surface area (Å²) >= 11 is 0. The van der Waals surface area contributed by atoms with Crippen molar-refractivity contribution in [3.05, 3.63) is 11.8 Å². The number of rotatable bonds is 5. The van der Waals surface area contributed by atoms with Crippen LogP contribution >= 0.6 is 0 Å². The molecule has 0 spiro atoms. The van der Waals surface area contributed by atoms with E-state index < -0.39 is 0 Å². The lowest BCUT2D eigenvalue weighted by Crippen LogP contribution is -2.26. The second-order valence-electron chi connectivity index (χ2n) is 3.96. The zero-order valence-corrected chi connectivity index (χ0v) is 10.6. The van der Waals surface area contributed by atoms with Gasteiger partial charge in [-0.2, -0.15) is 0 Å². The van der Waals surface area contributed by atoms with Gasteiger partial charge in [0.1, 0.15) is 0 Å². The Kier molecular flexibility index (Phi) is 6.39. The SMILES string of the molecule is CC=C[SiH2]C(C)CC(C)N(C)C. The predicted octanol–water partition coefficient (Wildman–Crippen LogP) is 1.84. The van der Waals surface area contributed by atoms with Gasteiger partial charge in [0.2, 0.25) is 0 Å². The molecule has 2 atom stereocenters. The van der Waals surface area contributed by atoms with Gasteiger partial charge < -0.3 is 4.90 Å². The molecule has 0 rings (SSSR count). The first-order chi connectivity index (χ1) is 5.57. The van der Waals surface area contributed by atoms with Crippen LogP contribution in [0.2, 0.25) is 5.54 Å². The Bertz CT molecular complexity index is 132. The minimum atomic E-state index is 0.0537. The van der Waals surface area contributed by atoms with Crippen LogP contribution < -0.4 is 0 Å². The van der Waals surface area contributed by atoms with E-state index in [9.17, 15) is 0 Å². The van der Waals surface area contributed by atoms with Crippen molar-refractivity contribution in [1.82, 2.24) is 4.90 Å². The lowest BCUT2D eigenvalue weighted by molar-refractivity contribution is 0.297. The summed E-state index contributed by atoms with van der Waals surface area (Å²) in [4.78, 5) is 2.31. The highest BCUT2D eigenvalue weighted by Crippen LogP contribution is 2.13. The molecule has 2 heteroatoms. The van der Waals surface area contributed by atoms with Crippen LogP contribution in [-0.2, 0) is 0 Å². The van der Waals surface area contributed by atoms with E-state index in [1.165, 1.54) is 6.42 Å². The third-order valence-electron chi connectivity index (χ3n) is 2.40. The van der Waals surface area contributed by atoms with E-state index >= 15 is 0 Å². The highest BCUT2D eigenvalue weighted by molar-refractivity contribution is 6.43. The highest BCUT2D eigenvalue weighted by atomic mass is 28.2. The second-order valence-corrected chi connectivity index (χ2v) is 6.29. The molecule has 1 nitrogen and oxygen atoms in total. The monoisotopic (exact) mass is 185 g/mol. The van der Waals surface area contributed by atoms with Crippen molar-refractivity contribution in [2.24, 2.45) is 0 Å². The van der Waals surface area contributed by atoms with E-state index in [1.54, 1.807) is 0 Å². The first-order valence-electron chi connectivity index (χ1n) is 4.85. The van der Waals surface area contributed by atoms with E-state index in [0.717, 1.165) is 11.6 Å². The van der Waals surface area contributed by atoms with Gasteiger partial charge in [0.15, 0.2) is 0 Å². The van der Waals surface area contributed by atoms with E-state index in [1.807, 2.05) is 0 Å². The molecule has 2 unspecified atom stereocenters. The van der Waals surface area contributed by atoms with Gasteiger partial charge >= 0.3 is 0 Å². The number of allylic oxidation sites excluding steroid dienone is 1. The molecule has 0 aliphatic heterocycles. The molecule has 0 fully saturated rings. The van der Waals surface area contributed by atoms with Crippen molar-refractivity contribution >= 4 is 9.52 Å². The molecule has 0 heterocycles. The maximum absolute atomic E-state index is 2.40. The average molecular weight is 185 g/mol. The number of hydrogen-bond acceptors (Lipinski definition) is 1. The van der Waals surface area contributed by atoms with Crippen LogP contribution in [0.4, 0.5) is 0 Å². The minimum absolute atomic E-state index is 0.0537. The molecular weight excluding hydrogens is 162 g/mol. The molecule has 0 aromatic rings. The zero-order valence-electron chi connectivity index (χ0n) is 9.17. The summed E-state index contributed by atoms with van der Waals surface area (Å²) in [5.74, 6) is 0. The van der Waals surface area contributed by atoms with Crippen LogP contribution in [0, 0.1) is 0 Å². The van der Waals surface area contributed by atoms with Crippen molar-refractivity contribution in [2.75, 3.05) is 14.1 Å². The number of hydrogen-bond donors (Lipinski definition) is 0. The van der Waals surface area contributed by atoms with E-state index in [4.69, 9.17) is 0 Å². The second kappa shape index (κ2) is 6.43. The molecule has 0 radical (unpaired) electrons. The molecule has 0 aromatic heterocycles. The Balaban J connectivity index is 3.60. The molecule has 0 N–H and O–H groups in total. The van der Waals surface area contributed by atoms with Crippen molar-refractivity contribution in [2.45, 2.75) is 38.8 Å². The fourth-order valence-corrected chi connectivity index (χ4v) is 2.67. The third kappa shape index (κ3) is 5.55. The molecule has 0 aliphatic rings. The summed E-state index contributed by atoms with van der Waals surface area (Å²) in [7, 11) is 4.38. The summed E-state index contributed by atoms with van der Waals surface area (Å²) in [6.07, 6.45) is 3.55. The molecular formula is C10H23NSi. The Morgan fingerprint density at radius 3 is 2.33 bits per heavy atom. The van der Waals surface area contributed by atoms with Gasteiger partial charge in [-0.25, -0.2) is 0 Å². The molecule has 72 valence electrons. The van der Waals surface area contributed by atoms with Crippen molar-refractivity contribution in [1.29, 1.82) is 0 Å². The molecule has 0 aliphatic carbocycles. The van der Waals surface area contributed by atoms with Gasteiger partial charge in [0.05, 0.1) is 0 Å². The fourth-order valence-electron chi connectivity index (χ4n) is 1.26. The summed E-state index contributed by atoms with van der Waals surface area (Å²) in [5, 5.41) is 0. The first kappa shape index (κ1) is 11.9. The topological polar surface area (TPSA) is 3.24 Å². The lowest BCUT2D eigenvalue weighted by Gasteiger charge is -2.22. The molecule has 0 aromatic carbocycles. The summed E-state index contributed by atoms with van der Waals surface area (Å²) in [5.41, 5.74) is 3.34. The quantitative estimate of drug-likeness (QED) is 0.591. The third-order valence-corrected chi connectivity index (χ3v) is 4.28. The predicted molar refractivity (Wildman–Crippen MR) is 60.5 cm³/mol. The first-order valence-corrected chi connectivity index (χ1v) is 6.48. The fraction of sp³-hybridized carbons (Fsp3) is 0.800. The van der Waals surface area contributed by atoms with Crippen LogP contribution in [0.1, 0.15) is 27.2 Å². The standard InChI is InChI=1S/C10H23NSi/c1-6-7-12-10(3)8-9(2)11(4)5/h6-7,9-10H,8,12H2,1-5H3. The Morgan fingerprint density at radius 2 is 1.92 bits per heavy atom. The van der Waals surface area contributed by atoms with E-state index in [0.29, 0.717) is 0 Å². The molecule has 0 saturated heterocycles. The van der Waals surface area contributed by atoms with E-state index in [2.05, 4.69) is 51.5 Å². The van der Waals surface area contributed by atoms with Crippen molar-refractivity contribution < 1.29 is 0 Å². The Hall–Kier alpha value is -0.0831. The smallest absolute Gasteiger partial charge is 0.0478 e. The lowest BCUT2D eigenvalue weighted by atomic mass is 10.2. The van der Waals surface area contributed by atoms with Gasteiger partial charge in [-0.05, 0) is 39.9 Å². The number of nitrogens with zero attached hydrogens (tertiary/aromatic N) is 1. The molecule has 0 saturated carbocycles. The Labute approximate surface area is 79.7 Å². The van der Waals surface area contributed by atoms with Crippen LogP contribution in [0.15, 0.2) is 11.8 Å². The maximum atomic E-state index is 2.40. The molecule has 12 heavy (non-hydrogen) atoms. The summed E-state index contributed by atoms with van der Waals surface area (Å²) in [6.45, 7) is 6.81. The largest absolute Gasteiger partial charge is 0.307 e. The van der Waals surface area contributed by atoms with Crippen LogP contribution in [0.3, 0.4) is 0 Å². The van der Waals surface area contributed by atoms with Gasteiger partial charge in [-0.1, -0.05) is 13.0 Å². The van der Waals surface area contributed by atoms with Crippen molar-refractivity contribution in [3.8, 4) is 0 Å². The zero-order chi connectivity index (χ0) is 9.56. The maximum Gasteiger partial charge on any atom is 0.0478 e. The van der Waals surface area contributed by atoms with Crippen LogP contribution in [-0.4, -0.2) is 34.6 Å². The van der Waals surface area contributed by atoms with E-state index in [-0.39, 0.29) is 9.52 Å². The molecule has 0 bridgehead atoms. The molecule has 0 amide bonds. The van der Waals surface area contributed by atoms with Crippen LogP contribution in [0.25, 0.3) is 0 Å². The van der Waals surface area contributed by atoms with Gasteiger partial charge in [0, 0.05) is 15.6 Å². The Morgan fingerprint density at radius 1 is 1.33 bits per heavy atom. The van der Waals surface area contributed by atoms with Crippen LogP contribution in [0.5, 0.6) is 0 Å². The van der Waals surface area contributed by atoms with Gasteiger partial charge in [-0.15, -0.1) is 5.70 Å². The van der Waals surface area contributed by atoms with Gasteiger partial charge in [-0.3, -0.25) is 0 Å². The summed E-state index contributed by atoms with van der Waals surface area (Å²) < 4.78 is 0. The van der Waals surface area contributed by atoms with Crippen molar-refractivity contribution in [3.63, 3.8) is 0 Å². The highest BCUT2D eigenvalue weighted by Gasteiger charge is 2.08. The minimum Gasteiger partial charge on any atom is -0.307 e. The normalized spacial score (nSPS) is 18.2. The van der Waals surface area contributed by atoms with Gasteiger partial charge in [0.25, 0.3) is 0 Å². The summed E-state index contributed by atoms with van der Waals surface area (Å²) in [6, 6.07) is 0.734. The average Bonchev–Trinajstić information content (AvgIpc) is 2.00.